The number of benzene rings is 2. The number of nitrogens with one attached hydrogen (secondary N) is 1. The summed E-state index contributed by atoms with van der Waals surface area (Å²) in [6.07, 6.45) is -4.91. The van der Waals surface area contributed by atoms with Crippen LogP contribution in [0.5, 0.6) is 5.75 Å². The molecule has 0 saturated heterocycles. The second-order valence-electron chi connectivity index (χ2n) is 4.37. The van der Waals surface area contributed by atoms with Gasteiger partial charge in [-0.05, 0) is 46.4 Å². The van der Waals surface area contributed by atoms with Gasteiger partial charge in [0.1, 0.15) is 12.4 Å². The highest BCUT2D eigenvalue weighted by molar-refractivity contribution is 14.1. The van der Waals surface area contributed by atoms with E-state index in [4.69, 9.17) is 4.74 Å². The number of anilines is 1. The first-order valence-corrected chi connectivity index (χ1v) is 7.28. The molecule has 0 aliphatic rings. The lowest BCUT2D eigenvalue weighted by Gasteiger charge is -2.11. The first-order valence-electron chi connectivity index (χ1n) is 6.21. The summed E-state index contributed by atoms with van der Waals surface area (Å²) >= 11 is 1.94. The van der Waals surface area contributed by atoms with Gasteiger partial charge in [-0.3, -0.25) is 4.79 Å². The molecule has 0 radical (unpaired) electrons. The van der Waals surface area contributed by atoms with E-state index >= 15 is 0 Å². The Kier molecular flexibility index (Phi) is 5.28. The predicted octanol–water partition coefficient (Wildman–Crippen LogP) is 4.37. The molecule has 3 nitrogen and oxygen atoms in total. The molecule has 0 aliphatic heterocycles. The molecule has 0 heterocycles. The normalized spacial score (nSPS) is 11.1. The summed E-state index contributed by atoms with van der Waals surface area (Å²) in [5.41, 5.74) is 1.05. The van der Waals surface area contributed by atoms with Crippen LogP contribution in [0.2, 0.25) is 0 Å². The molecule has 2 aromatic rings. The first kappa shape index (κ1) is 16.6. The van der Waals surface area contributed by atoms with Crippen molar-refractivity contribution >= 4 is 34.2 Å². The van der Waals surface area contributed by atoms with E-state index < -0.39 is 12.1 Å². The number of ether oxygens (including phenoxy) is 1. The molecule has 22 heavy (non-hydrogen) atoms. The molecule has 0 saturated carbocycles. The van der Waals surface area contributed by atoms with Gasteiger partial charge in [-0.15, -0.1) is 0 Å². The largest absolute Gasteiger partial charge is 0.488 e. The van der Waals surface area contributed by atoms with E-state index in [1.54, 1.807) is 5.32 Å². The molecule has 0 bridgehead atoms. The highest BCUT2D eigenvalue weighted by Crippen LogP contribution is 2.26. The lowest BCUT2D eigenvalue weighted by Crippen LogP contribution is -2.29. The van der Waals surface area contributed by atoms with E-state index in [0.717, 1.165) is 5.56 Å². The summed E-state index contributed by atoms with van der Waals surface area (Å²) in [5, 5.41) is 1.80. The lowest BCUT2D eigenvalue weighted by molar-refractivity contribution is -0.167. The average molecular weight is 421 g/mol. The highest BCUT2D eigenvalue weighted by atomic mass is 127. The van der Waals surface area contributed by atoms with Crippen molar-refractivity contribution < 1.29 is 22.7 Å². The van der Waals surface area contributed by atoms with Crippen molar-refractivity contribution in [2.75, 3.05) is 5.32 Å². The molecule has 0 atom stereocenters. The average Bonchev–Trinajstić information content (AvgIpc) is 2.46. The standard InChI is InChI=1S/C15H11F3INO2/c16-15(17,18)14(21)20-11-6-7-13(12(19)8-11)22-9-10-4-2-1-3-5-10/h1-8H,9H2,(H,20,21). The number of halogens is 4. The monoisotopic (exact) mass is 421 g/mol. The van der Waals surface area contributed by atoms with Crippen LogP contribution in [0.25, 0.3) is 0 Å². The number of carbonyl (C=O) groups is 1. The minimum atomic E-state index is -4.91. The Morgan fingerprint density at radius 2 is 1.82 bits per heavy atom. The molecular formula is C15H11F3INO2. The number of hydrogen-bond acceptors (Lipinski definition) is 2. The van der Waals surface area contributed by atoms with Crippen LogP contribution in [0.3, 0.4) is 0 Å². The smallest absolute Gasteiger partial charge is 0.471 e. The van der Waals surface area contributed by atoms with Gasteiger partial charge in [-0.25, -0.2) is 0 Å². The number of carbonyl (C=O) groups excluding carboxylic acids is 1. The Balaban J connectivity index is 2.02. The minimum absolute atomic E-state index is 0.0683. The van der Waals surface area contributed by atoms with E-state index in [0.29, 0.717) is 15.9 Å². The van der Waals surface area contributed by atoms with Crippen molar-refractivity contribution in [2.45, 2.75) is 12.8 Å². The van der Waals surface area contributed by atoms with Gasteiger partial charge in [0.05, 0.1) is 3.57 Å². The third-order valence-corrected chi connectivity index (χ3v) is 3.53. The number of rotatable bonds is 4. The lowest BCUT2D eigenvalue weighted by atomic mass is 10.2. The van der Waals surface area contributed by atoms with Crippen LogP contribution < -0.4 is 10.1 Å². The zero-order valence-electron chi connectivity index (χ0n) is 11.2. The summed E-state index contributed by atoms with van der Waals surface area (Å²) in [5.74, 6) is -1.46. The molecule has 0 unspecified atom stereocenters. The van der Waals surface area contributed by atoms with Crippen molar-refractivity contribution in [3.05, 3.63) is 57.7 Å². The zero-order valence-corrected chi connectivity index (χ0v) is 13.3. The van der Waals surface area contributed by atoms with Crippen LogP contribution in [0.15, 0.2) is 48.5 Å². The minimum Gasteiger partial charge on any atom is -0.488 e. The Bertz CT molecular complexity index is 660. The summed E-state index contributed by atoms with van der Waals surface area (Å²) in [7, 11) is 0. The van der Waals surface area contributed by atoms with Gasteiger partial charge >= 0.3 is 12.1 Å². The SMILES string of the molecule is O=C(Nc1ccc(OCc2ccccc2)c(I)c1)C(F)(F)F. The molecule has 2 aromatic carbocycles. The van der Waals surface area contributed by atoms with Crippen LogP contribution in [0, 0.1) is 3.57 Å². The fourth-order valence-corrected chi connectivity index (χ4v) is 2.30. The van der Waals surface area contributed by atoms with Gasteiger partial charge in [-0.2, -0.15) is 13.2 Å². The maximum absolute atomic E-state index is 12.2. The number of amides is 1. The molecule has 7 heteroatoms. The second kappa shape index (κ2) is 6.99. The van der Waals surface area contributed by atoms with Gasteiger partial charge in [0.15, 0.2) is 0 Å². The van der Waals surface area contributed by atoms with Crippen LogP contribution in [-0.2, 0) is 11.4 Å². The molecule has 0 spiro atoms. The number of hydrogen-bond donors (Lipinski definition) is 1. The molecule has 1 N–H and O–H groups in total. The van der Waals surface area contributed by atoms with Crippen LogP contribution in [-0.4, -0.2) is 12.1 Å². The van der Waals surface area contributed by atoms with E-state index in [-0.39, 0.29) is 5.69 Å². The summed E-state index contributed by atoms with van der Waals surface area (Å²) in [4.78, 5) is 10.9. The Morgan fingerprint density at radius 1 is 1.14 bits per heavy atom. The van der Waals surface area contributed by atoms with Crippen LogP contribution in [0.1, 0.15) is 5.56 Å². The third-order valence-electron chi connectivity index (χ3n) is 2.68. The number of alkyl halides is 3. The fourth-order valence-electron chi connectivity index (χ4n) is 1.63. The summed E-state index contributed by atoms with van der Waals surface area (Å²) < 4.78 is 42.8. The quantitative estimate of drug-likeness (QED) is 0.745. The van der Waals surface area contributed by atoms with Crippen LogP contribution >= 0.6 is 22.6 Å². The van der Waals surface area contributed by atoms with Gasteiger partial charge in [0.2, 0.25) is 0 Å². The second-order valence-corrected chi connectivity index (χ2v) is 5.53. The predicted molar refractivity (Wildman–Crippen MR) is 84.6 cm³/mol. The molecular weight excluding hydrogens is 410 g/mol. The fraction of sp³-hybridized carbons (Fsp3) is 0.133. The zero-order chi connectivity index (χ0) is 16.2. The van der Waals surface area contributed by atoms with Crippen molar-refractivity contribution in [3.8, 4) is 5.75 Å². The molecule has 0 fully saturated rings. The highest BCUT2D eigenvalue weighted by Gasteiger charge is 2.38. The molecule has 0 aromatic heterocycles. The Morgan fingerprint density at radius 3 is 2.41 bits per heavy atom. The van der Waals surface area contributed by atoms with E-state index in [9.17, 15) is 18.0 Å². The molecule has 2 rings (SSSR count). The van der Waals surface area contributed by atoms with Gasteiger partial charge < -0.3 is 10.1 Å². The van der Waals surface area contributed by atoms with Gasteiger partial charge in [0, 0.05) is 5.69 Å². The van der Waals surface area contributed by atoms with E-state index in [2.05, 4.69) is 0 Å². The van der Waals surface area contributed by atoms with Gasteiger partial charge in [0.25, 0.3) is 0 Å². The maximum Gasteiger partial charge on any atom is 0.471 e. The topological polar surface area (TPSA) is 38.3 Å². The van der Waals surface area contributed by atoms with E-state index in [1.165, 1.54) is 18.2 Å². The summed E-state index contributed by atoms with van der Waals surface area (Å²) in [6, 6.07) is 13.8. The Hall–Kier alpha value is -1.77. The Labute approximate surface area is 138 Å². The van der Waals surface area contributed by atoms with Crippen molar-refractivity contribution in [2.24, 2.45) is 0 Å². The molecule has 1 amide bonds. The van der Waals surface area contributed by atoms with Crippen molar-refractivity contribution in [1.82, 2.24) is 0 Å². The maximum atomic E-state index is 12.2. The van der Waals surface area contributed by atoms with Crippen molar-refractivity contribution in [1.29, 1.82) is 0 Å². The summed E-state index contributed by atoms with van der Waals surface area (Å²) in [6.45, 7) is 0.352. The van der Waals surface area contributed by atoms with E-state index in [1.807, 2.05) is 52.9 Å². The third kappa shape index (κ3) is 4.62. The van der Waals surface area contributed by atoms with Crippen LogP contribution in [0.4, 0.5) is 18.9 Å². The molecule has 116 valence electrons. The van der Waals surface area contributed by atoms with Crippen molar-refractivity contribution in [3.63, 3.8) is 0 Å². The molecule has 0 aliphatic carbocycles. The first-order chi connectivity index (χ1) is 10.4. The van der Waals surface area contributed by atoms with Gasteiger partial charge in [-0.1, -0.05) is 30.3 Å².